The van der Waals surface area contributed by atoms with Crippen LogP contribution in [-0.4, -0.2) is 71.2 Å². The maximum Gasteiger partial charge on any atom is 0.246 e. The number of ether oxygens (including phenoxy) is 1. The number of carbonyl (C=O) groups excluding carboxylic acids is 3. The molecule has 0 radical (unpaired) electrons. The van der Waals surface area contributed by atoms with Gasteiger partial charge in [-0.3, -0.25) is 14.4 Å². The Balaban J connectivity index is 2.08. The first kappa shape index (κ1) is 21.0. The highest BCUT2D eigenvalue weighted by molar-refractivity contribution is 5.99. The molecular weight excluding hydrogens is 362 g/mol. The number of aliphatic hydroxyl groups excluding tert-OH is 1. The number of fused-ring (bicyclic) bond motifs is 1. The molecule has 0 aromatic rings. The van der Waals surface area contributed by atoms with Gasteiger partial charge in [0, 0.05) is 13.1 Å². The summed E-state index contributed by atoms with van der Waals surface area (Å²) in [6.45, 7) is 7.46. The van der Waals surface area contributed by atoms with Crippen LogP contribution in [0.25, 0.3) is 0 Å². The van der Waals surface area contributed by atoms with Gasteiger partial charge in [-0.1, -0.05) is 20.3 Å². The third-order valence-corrected chi connectivity index (χ3v) is 6.81. The highest BCUT2D eigenvalue weighted by Crippen LogP contribution is 2.59. The van der Waals surface area contributed by atoms with Gasteiger partial charge in [-0.15, -0.1) is 0 Å². The van der Waals surface area contributed by atoms with Crippen LogP contribution in [-0.2, 0) is 19.1 Å². The molecule has 28 heavy (non-hydrogen) atoms. The van der Waals surface area contributed by atoms with Crippen molar-refractivity contribution in [1.29, 1.82) is 0 Å². The lowest BCUT2D eigenvalue weighted by molar-refractivity contribution is -0.147. The number of carbonyl (C=O) groups is 3. The molecule has 2 unspecified atom stereocenters. The molecule has 8 heteroatoms. The minimum absolute atomic E-state index is 0.00850. The number of rotatable bonds is 7. The van der Waals surface area contributed by atoms with E-state index >= 15 is 0 Å². The number of likely N-dealkylation sites (tertiary alicyclic amines) is 1. The summed E-state index contributed by atoms with van der Waals surface area (Å²) in [4.78, 5) is 40.9. The highest BCUT2D eigenvalue weighted by Gasteiger charge is 2.75. The third-order valence-electron chi connectivity index (χ3n) is 6.81. The highest BCUT2D eigenvalue weighted by atomic mass is 16.5. The first-order valence-corrected chi connectivity index (χ1v) is 10.4. The normalized spacial score (nSPS) is 35.8. The van der Waals surface area contributed by atoms with Gasteiger partial charge in [0.25, 0.3) is 0 Å². The molecule has 2 bridgehead atoms. The quantitative estimate of drug-likeness (QED) is 0.564. The molecule has 3 aliphatic rings. The lowest BCUT2D eigenvalue weighted by atomic mass is 9.70. The van der Waals surface area contributed by atoms with Gasteiger partial charge in [0.1, 0.15) is 11.6 Å². The van der Waals surface area contributed by atoms with Crippen molar-refractivity contribution in [2.75, 3.05) is 13.7 Å². The molecule has 3 heterocycles. The van der Waals surface area contributed by atoms with Gasteiger partial charge in [-0.2, -0.15) is 0 Å². The maximum atomic E-state index is 13.6. The van der Waals surface area contributed by atoms with Crippen molar-refractivity contribution in [3.8, 4) is 0 Å². The van der Waals surface area contributed by atoms with E-state index in [9.17, 15) is 19.5 Å². The Kier molecular flexibility index (Phi) is 5.74. The minimum atomic E-state index is -1.00. The molecule has 3 aliphatic heterocycles. The standard InChI is InChI=1S/C20H33N3O5/c1-6-11(4)12(9-24)23-16(18(26)22-10(2)3)20-8-7-13(28-20)14(17(25)21-5)15(20)19(23)27/h10-16,24H,6-9H2,1-5H3,(H,21,25)(H,22,26)/t11-,12-,13-,14+,15-,16?,20?/m0/s1. The molecule has 158 valence electrons. The van der Waals surface area contributed by atoms with Crippen molar-refractivity contribution >= 4 is 17.7 Å². The summed E-state index contributed by atoms with van der Waals surface area (Å²) < 4.78 is 6.28. The number of nitrogens with zero attached hydrogens (tertiary/aromatic N) is 1. The Morgan fingerprint density at radius 1 is 1.32 bits per heavy atom. The van der Waals surface area contributed by atoms with E-state index in [1.54, 1.807) is 7.05 Å². The fraction of sp³-hybridized carbons (Fsp3) is 0.850. The molecule has 0 saturated carbocycles. The Morgan fingerprint density at radius 3 is 2.54 bits per heavy atom. The average molecular weight is 396 g/mol. The second-order valence-electron chi connectivity index (χ2n) is 8.71. The summed E-state index contributed by atoms with van der Waals surface area (Å²) in [6.07, 6.45) is 1.62. The molecular formula is C20H33N3O5. The fourth-order valence-corrected chi connectivity index (χ4v) is 5.39. The van der Waals surface area contributed by atoms with Crippen LogP contribution in [0.1, 0.15) is 47.0 Å². The predicted molar refractivity (Wildman–Crippen MR) is 102 cm³/mol. The largest absolute Gasteiger partial charge is 0.394 e. The molecule has 7 atom stereocenters. The van der Waals surface area contributed by atoms with Crippen LogP contribution in [0.3, 0.4) is 0 Å². The topological polar surface area (TPSA) is 108 Å². The number of hydrogen-bond acceptors (Lipinski definition) is 5. The number of amides is 3. The van der Waals surface area contributed by atoms with Gasteiger partial charge in [0.05, 0.1) is 30.6 Å². The molecule has 8 nitrogen and oxygen atoms in total. The van der Waals surface area contributed by atoms with E-state index in [0.717, 1.165) is 6.42 Å². The van der Waals surface area contributed by atoms with Crippen molar-refractivity contribution in [3.63, 3.8) is 0 Å². The summed E-state index contributed by atoms with van der Waals surface area (Å²) in [6, 6.07) is -1.42. The number of hydrogen-bond donors (Lipinski definition) is 3. The smallest absolute Gasteiger partial charge is 0.246 e. The second kappa shape index (κ2) is 7.63. The van der Waals surface area contributed by atoms with Crippen LogP contribution in [0.4, 0.5) is 0 Å². The molecule has 3 amide bonds. The van der Waals surface area contributed by atoms with Crippen LogP contribution in [0, 0.1) is 17.8 Å². The van der Waals surface area contributed by atoms with Crippen molar-refractivity contribution < 1.29 is 24.2 Å². The molecule has 0 aliphatic carbocycles. The first-order chi connectivity index (χ1) is 13.2. The van der Waals surface area contributed by atoms with Gasteiger partial charge in [-0.25, -0.2) is 0 Å². The van der Waals surface area contributed by atoms with E-state index in [1.165, 1.54) is 4.90 Å². The second-order valence-corrected chi connectivity index (χ2v) is 8.71. The zero-order valence-corrected chi connectivity index (χ0v) is 17.4. The van der Waals surface area contributed by atoms with Crippen molar-refractivity contribution in [3.05, 3.63) is 0 Å². The van der Waals surface area contributed by atoms with E-state index in [1.807, 2.05) is 27.7 Å². The van der Waals surface area contributed by atoms with E-state index in [0.29, 0.717) is 12.8 Å². The van der Waals surface area contributed by atoms with Crippen LogP contribution in [0.2, 0.25) is 0 Å². The third kappa shape index (κ3) is 2.92. The van der Waals surface area contributed by atoms with Crippen molar-refractivity contribution in [2.45, 2.75) is 76.8 Å². The maximum absolute atomic E-state index is 13.6. The van der Waals surface area contributed by atoms with Gasteiger partial charge in [0.15, 0.2) is 0 Å². The average Bonchev–Trinajstić information content (AvgIpc) is 3.29. The Labute approximate surface area is 166 Å². The molecule has 3 rings (SSSR count). The molecule has 1 spiro atoms. The SMILES string of the molecule is CC[C@H](C)[C@H](CO)N1C(=O)[C@@H]2[C@H](C(=O)NC)[C@@H]3CCC2(O3)C1C(=O)NC(C)C. The van der Waals surface area contributed by atoms with Crippen LogP contribution >= 0.6 is 0 Å². The van der Waals surface area contributed by atoms with Crippen molar-refractivity contribution in [1.82, 2.24) is 15.5 Å². The minimum Gasteiger partial charge on any atom is -0.394 e. The van der Waals surface area contributed by atoms with E-state index < -0.39 is 29.5 Å². The van der Waals surface area contributed by atoms with Gasteiger partial charge in [-0.05, 0) is 32.6 Å². The van der Waals surface area contributed by atoms with Crippen LogP contribution in [0.15, 0.2) is 0 Å². The molecule has 3 N–H and O–H groups in total. The van der Waals surface area contributed by atoms with Crippen LogP contribution < -0.4 is 10.6 Å². The molecule has 0 aromatic carbocycles. The van der Waals surface area contributed by atoms with Crippen molar-refractivity contribution in [2.24, 2.45) is 17.8 Å². The van der Waals surface area contributed by atoms with E-state index in [-0.39, 0.29) is 42.4 Å². The molecule has 0 aromatic heterocycles. The van der Waals surface area contributed by atoms with Gasteiger partial charge < -0.3 is 25.4 Å². The zero-order chi connectivity index (χ0) is 20.8. The summed E-state index contributed by atoms with van der Waals surface area (Å²) in [5.41, 5.74) is -1.00. The Hall–Kier alpha value is -1.67. The summed E-state index contributed by atoms with van der Waals surface area (Å²) in [5.74, 6) is -2.02. The summed E-state index contributed by atoms with van der Waals surface area (Å²) in [7, 11) is 1.55. The summed E-state index contributed by atoms with van der Waals surface area (Å²) in [5, 5.41) is 15.7. The van der Waals surface area contributed by atoms with Gasteiger partial charge in [0.2, 0.25) is 17.7 Å². The van der Waals surface area contributed by atoms with E-state index in [2.05, 4.69) is 10.6 Å². The Morgan fingerprint density at radius 2 is 2.00 bits per heavy atom. The fourth-order valence-electron chi connectivity index (χ4n) is 5.39. The number of nitrogens with one attached hydrogen (secondary N) is 2. The zero-order valence-electron chi connectivity index (χ0n) is 17.4. The van der Waals surface area contributed by atoms with Gasteiger partial charge >= 0.3 is 0 Å². The number of aliphatic hydroxyl groups is 1. The van der Waals surface area contributed by atoms with E-state index in [4.69, 9.17) is 4.74 Å². The summed E-state index contributed by atoms with van der Waals surface area (Å²) >= 11 is 0. The lowest BCUT2D eigenvalue weighted by Crippen LogP contribution is -2.59. The molecule has 3 fully saturated rings. The monoisotopic (exact) mass is 395 g/mol. The predicted octanol–water partition coefficient (Wildman–Crippen LogP) is 0.0386. The Bertz CT molecular complexity index is 654. The van der Waals surface area contributed by atoms with Crippen LogP contribution in [0.5, 0.6) is 0 Å². The molecule has 3 saturated heterocycles. The first-order valence-electron chi connectivity index (χ1n) is 10.4. The lowest BCUT2D eigenvalue weighted by Gasteiger charge is -2.39.